The highest BCUT2D eigenvalue weighted by Crippen LogP contribution is 2.32. The number of amides is 1. The van der Waals surface area contributed by atoms with Gasteiger partial charge in [0, 0.05) is 30.8 Å². The fourth-order valence-electron chi connectivity index (χ4n) is 3.09. The SMILES string of the molecule is CCc1nn(C)cc1CNC(=O)C(C)(C)C1CCCNC1. The van der Waals surface area contributed by atoms with Crippen molar-refractivity contribution in [1.29, 1.82) is 0 Å². The van der Waals surface area contributed by atoms with Crippen LogP contribution >= 0.6 is 0 Å². The minimum atomic E-state index is -0.331. The Labute approximate surface area is 127 Å². The molecule has 118 valence electrons. The lowest BCUT2D eigenvalue weighted by molar-refractivity contribution is -0.132. The molecule has 21 heavy (non-hydrogen) atoms. The van der Waals surface area contributed by atoms with Gasteiger partial charge in [0.2, 0.25) is 5.91 Å². The highest BCUT2D eigenvalue weighted by Gasteiger charge is 2.37. The number of rotatable bonds is 5. The van der Waals surface area contributed by atoms with Crippen LogP contribution in [0.3, 0.4) is 0 Å². The molecule has 1 unspecified atom stereocenters. The van der Waals surface area contributed by atoms with Crippen LogP contribution in [0.2, 0.25) is 0 Å². The van der Waals surface area contributed by atoms with Gasteiger partial charge in [-0.3, -0.25) is 9.48 Å². The summed E-state index contributed by atoms with van der Waals surface area (Å²) in [4.78, 5) is 12.6. The first-order valence-electron chi connectivity index (χ1n) is 7.95. The Morgan fingerprint density at radius 2 is 2.33 bits per heavy atom. The molecule has 0 bridgehead atoms. The molecular weight excluding hydrogens is 264 g/mol. The number of aryl methyl sites for hydroxylation is 2. The van der Waals surface area contributed by atoms with E-state index in [4.69, 9.17) is 0 Å². The Balaban J connectivity index is 1.96. The summed E-state index contributed by atoms with van der Waals surface area (Å²) in [5.74, 6) is 0.549. The van der Waals surface area contributed by atoms with Crippen molar-refractivity contribution in [1.82, 2.24) is 20.4 Å². The predicted molar refractivity (Wildman–Crippen MR) is 83.8 cm³/mol. The van der Waals surface area contributed by atoms with Gasteiger partial charge in [-0.05, 0) is 38.3 Å². The summed E-state index contributed by atoms with van der Waals surface area (Å²) in [6, 6.07) is 0. The normalized spacial score (nSPS) is 19.5. The molecule has 1 saturated heterocycles. The molecule has 0 aromatic carbocycles. The number of piperidine rings is 1. The van der Waals surface area contributed by atoms with Gasteiger partial charge in [0.1, 0.15) is 0 Å². The zero-order chi connectivity index (χ0) is 15.5. The lowest BCUT2D eigenvalue weighted by Gasteiger charge is -2.36. The standard InChI is InChI=1S/C16H28N4O/c1-5-14-12(11-20(4)19-14)9-18-15(21)16(2,3)13-7-6-8-17-10-13/h11,13,17H,5-10H2,1-4H3,(H,18,21). The summed E-state index contributed by atoms with van der Waals surface area (Å²) in [6.07, 6.45) is 5.17. The fraction of sp³-hybridized carbons (Fsp3) is 0.750. The maximum Gasteiger partial charge on any atom is 0.226 e. The van der Waals surface area contributed by atoms with E-state index in [0.717, 1.165) is 43.6 Å². The van der Waals surface area contributed by atoms with Crippen LogP contribution in [0.4, 0.5) is 0 Å². The Hall–Kier alpha value is -1.36. The van der Waals surface area contributed by atoms with E-state index >= 15 is 0 Å². The average molecular weight is 292 g/mol. The van der Waals surface area contributed by atoms with Crippen molar-refractivity contribution in [2.24, 2.45) is 18.4 Å². The number of carbonyl (C=O) groups excluding carboxylic acids is 1. The van der Waals surface area contributed by atoms with Crippen LogP contribution in [-0.2, 0) is 24.8 Å². The molecule has 2 rings (SSSR count). The van der Waals surface area contributed by atoms with Crippen LogP contribution in [0.25, 0.3) is 0 Å². The van der Waals surface area contributed by atoms with Crippen molar-refractivity contribution < 1.29 is 4.79 Å². The minimum Gasteiger partial charge on any atom is -0.351 e. The molecule has 0 aliphatic carbocycles. The molecular formula is C16H28N4O. The van der Waals surface area contributed by atoms with Crippen LogP contribution in [-0.4, -0.2) is 28.8 Å². The van der Waals surface area contributed by atoms with E-state index in [1.807, 2.05) is 17.9 Å². The lowest BCUT2D eigenvalue weighted by Crippen LogP contribution is -2.47. The molecule has 1 aromatic heterocycles. The first kappa shape index (κ1) is 16.0. The number of nitrogens with zero attached hydrogens (tertiary/aromatic N) is 2. The van der Waals surface area contributed by atoms with Crippen LogP contribution in [0.5, 0.6) is 0 Å². The van der Waals surface area contributed by atoms with Crippen LogP contribution < -0.4 is 10.6 Å². The summed E-state index contributed by atoms with van der Waals surface area (Å²) in [5, 5.41) is 10.9. The molecule has 1 fully saturated rings. The second kappa shape index (κ2) is 6.60. The van der Waals surface area contributed by atoms with E-state index in [1.165, 1.54) is 0 Å². The molecule has 1 aromatic rings. The Bertz CT molecular complexity index is 486. The second-order valence-electron chi connectivity index (χ2n) is 6.58. The van der Waals surface area contributed by atoms with Gasteiger partial charge in [0.15, 0.2) is 0 Å². The van der Waals surface area contributed by atoms with Gasteiger partial charge >= 0.3 is 0 Å². The molecule has 5 nitrogen and oxygen atoms in total. The molecule has 5 heteroatoms. The highest BCUT2D eigenvalue weighted by molar-refractivity contribution is 5.82. The number of hydrogen-bond donors (Lipinski definition) is 2. The fourth-order valence-corrected chi connectivity index (χ4v) is 3.09. The molecule has 2 N–H and O–H groups in total. The van der Waals surface area contributed by atoms with Crippen molar-refractivity contribution in [2.45, 2.75) is 46.6 Å². The summed E-state index contributed by atoms with van der Waals surface area (Å²) in [7, 11) is 1.92. The van der Waals surface area contributed by atoms with Crippen LogP contribution in [0.1, 0.15) is 44.9 Å². The van der Waals surface area contributed by atoms with Crippen molar-refractivity contribution >= 4 is 5.91 Å². The van der Waals surface area contributed by atoms with Gasteiger partial charge in [-0.2, -0.15) is 5.10 Å². The monoisotopic (exact) mass is 292 g/mol. The first-order chi connectivity index (χ1) is 9.95. The van der Waals surface area contributed by atoms with E-state index < -0.39 is 0 Å². The number of aromatic nitrogens is 2. The van der Waals surface area contributed by atoms with Gasteiger partial charge in [-0.1, -0.05) is 20.8 Å². The van der Waals surface area contributed by atoms with Crippen molar-refractivity contribution in [2.75, 3.05) is 13.1 Å². The quantitative estimate of drug-likeness (QED) is 0.867. The third kappa shape index (κ3) is 3.64. The number of carbonyl (C=O) groups is 1. The van der Waals surface area contributed by atoms with E-state index in [1.54, 1.807) is 0 Å². The maximum atomic E-state index is 12.6. The highest BCUT2D eigenvalue weighted by atomic mass is 16.2. The molecule has 1 atom stereocenters. The van der Waals surface area contributed by atoms with E-state index in [0.29, 0.717) is 12.5 Å². The Kier molecular flexibility index (Phi) is 5.04. The maximum absolute atomic E-state index is 12.6. The average Bonchev–Trinajstić information content (AvgIpc) is 2.85. The number of hydrogen-bond acceptors (Lipinski definition) is 3. The molecule has 0 spiro atoms. The Morgan fingerprint density at radius 1 is 1.57 bits per heavy atom. The van der Waals surface area contributed by atoms with Crippen LogP contribution in [0.15, 0.2) is 6.20 Å². The summed E-state index contributed by atoms with van der Waals surface area (Å²) in [6.45, 7) is 8.79. The molecule has 1 aliphatic heterocycles. The van der Waals surface area contributed by atoms with Gasteiger partial charge < -0.3 is 10.6 Å². The topological polar surface area (TPSA) is 59.0 Å². The summed E-state index contributed by atoms with van der Waals surface area (Å²) >= 11 is 0. The number of nitrogens with one attached hydrogen (secondary N) is 2. The molecule has 1 amide bonds. The van der Waals surface area contributed by atoms with Crippen molar-refractivity contribution in [3.63, 3.8) is 0 Å². The predicted octanol–water partition coefficient (Wildman–Crippen LogP) is 1.62. The molecule has 2 heterocycles. The minimum absolute atomic E-state index is 0.141. The van der Waals surface area contributed by atoms with E-state index in [2.05, 4.69) is 36.5 Å². The molecule has 0 radical (unpaired) electrons. The zero-order valence-corrected chi connectivity index (χ0v) is 13.7. The van der Waals surface area contributed by atoms with Crippen LogP contribution in [0, 0.1) is 11.3 Å². The largest absolute Gasteiger partial charge is 0.351 e. The Morgan fingerprint density at radius 3 is 2.95 bits per heavy atom. The third-order valence-electron chi connectivity index (χ3n) is 4.67. The van der Waals surface area contributed by atoms with E-state index in [9.17, 15) is 4.79 Å². The lowest BCUT2D eigenvalue weighted by atomic mass is 9.74. The van der Waals surface area contributed by atoms with Crippen molar-refractivity contribution in [3.05, 3.63) is 17.5 Å². The molecule has 1 aliphatic rings. The van der Waals surface area contributed by atoms with E-state index in [-0.39, 0.29) is 11.3 Å². The summed E-state index contributed by atoms with van der Waals surface area (Å²) in [5.41, 5.74) is 1.85. The third-order valence-corrected chi connectivity index (χ3v) is 4.67. The van der Waals surface area contributed by atoms with Gasteiger partial charge in [0.25, 0.3) is 0 Å². The zero-order valence-electron chi connectivity index (χ0n) is 13.7. The van der Waals surface area contributed by atoms with Gasteiger partial charge in [-0.25, -0.2) is 0 Å². The van der Waals surface area contributed by atoms with Gasteiger partial charge in [0.05, 0.1) is 5.69 Å². The van der Waals surface area contributed by atoms with Gasteiger partial charge in [-0.15, -0.1) is 0 Å². The summed E-state index contributed by atoms with van der Waals surface area (Å²) < 4.78 is 1.82. The van der Waals surface area contributed by atoms with Crippen molar-refractivity contribution in [3.8, 4) is 0 Å². The molecule has 0 saturated carbocycles. The first-order valence-corrected chi connectivity index (χ1v) is 7.95. The smallest absolute Gasteiger partial charge is 0.226 e. The second-order valence-corrected chi connectivity index (χ2v) is 6.58.